The second kappa shape index (κ2) is 11.0. The van der Waals surface area contributed by atoms with Crippen LogP contribution in [0.1, 0.15) is 29.3 Å². The van der Waals surface area contributed by atoms with Crippen LogP contribution in [0.25, 0.3) is 11.3 Å². The van der Waals surface area contributed by atoms with Crippen LogP contribution in [0.3, 0.4) is 0 Å². The van der Waals surface area contributed by atoms with Crippen LogP contribution in [0.4, 0.5) is 0 Å². The number of rotatable bonds is 7. The lowest BCUT2D eigenvalue weighted by atomic mass is 10.1. The lowest BCUT2D eigenvalue weighted by molar-refractivity contribution is 0.496. The summed E-state index contributed by atoms with van der Waals surface area (Å²) in [5.41, 5.74) is 4.49. The van der Waals surface area contributed by atoms with Crippen LogP contribution in [-0.4, -0.2) is 34.3 Å². The lowest BCUT2D eigenvalue weighted by Gasteiger charge is -2.11. The Hall–Kier alpha value is -2.36. The number of aliphatic imine (C=N–C) groups is 1. The first-order valence-electron chi connectivity index (χ1n) is 9.52. The molecule has 0 aliphatic heterocycles. The van der Waals surface area contributed by atoms with Gasteiger partial charge in [0.1, 0.15) is 0 Å². The fraction of sp³-hybridized carbons (Fsp3) is 0.381. The topological polar surface area (TPSA) is 80.3 Å². The Morgan fingerprint density at radius 3 is 2.55 bits per heavy atom. The van der Waals surface area contributed by atoms with Gasteiger partial charge in [-0.15, -0.1) is 24.0 Å². The molecule has 7 nitrogen and oxygen atoms in total. The SMILES string of the molecule is CN=C(NCCCn1nc(C)cc1C)NCc1ncc(-c2ccc(C)cc2)o1.I. The number of nitrogens with one attached hydrogen (secondary N) is 2. The molecule has 8 heteroatoms. The van der Waals surface area contributed by atoms with Crippen molar-refractivity contribution in [1.29, 1.82) is 0 Å². The van der Waals surface area contributed by atoms with E-state index >= 15 is 0 Å². The zero-order valence-electron chi connectivity index (χ0n) is 17.4. The fourth-order valence-electron chi connectivity index (χ4n) is 2.96. The summed E-state index contributed by atoms with van der Waals surface area (Å²) in [4.78, 5) is 8.59. The summed E-state index contributed by atoms with van der Waals surface area (Å²) in [5.74, 6) is 2.12. The van der Waals surface area contributed by atoms with Gasteiger partial charge in [0, 0.05) is 31.4 Å². The smallest absolute Gasteiger partial charge is 0.214 e. The number of aryl methyl sites for hydroxylation is 4. The number of hydrogen-bond acceptors (Lipinski definition) is 4. The van der Waals surface area contributed by atoms with E-state index in [0.717, 1.165) is 42.5 Å². The van der Waals surface area contributed by atoms with Crippen molar-refractivity contribution in [3.63, 3.8) is 0 Å². The number of guanidine groups is 1. The number of nitrogens with zero attached hydrogens (tertiary/aromatic N) is 4. The minimum absolute atomic E-state index is 0. The second-order valence-corrected chi connectivity index (χ2v) is 6.84. The maximum atomic E-state index is 5.84. The molecule has 29 heavy (non-hydrogen) atoms. The molecule has 0 saturated carbocycles. The van der Waals surface area contributed by atoms with Crippen molar-refractivity contribution in [3.8, 4) is 11.3 Å². The molecule has 0 radical (unpaired) electrons. The summed E-state index contributed by atoms with van der Waals surface area (Å²) in [6, 6.07) is 10.3. The van der Waals surface area contributed by atoms with E-state index in [1.54, 1.807) is 13.2 Å². The van der Waals surface area contributed by atoms with Crippen LogP contribution in [-0.2, 0) is 13.1 Å². The molecule has 0 spiro atoms. The minimum atomic E-state index is 0. The third kappa shape index (κ3) is 6.59. The molecule has 0 amide bonds. The molecule has 3 aromatic rings. The fourth-order valence-corrected chi connectivity index (χ4v) is 2.96. The van der Waals surface area contributed by atoms with E-state index in [4.69, 9.17) is 4.42 Å². The highest BCUT2D eigenvalue weighted by molar-refractivity contribution is 14.0. The third-order valence-corrected chi connectivity index (χ3v) is 4.46. The second-order valence-electron chi connectivity index (χ2n) is 6.84. The number of oxazole rings is 1. The van der Waals surface area contributed by atoms with E-state index < -0.39 is 0 Å². The van der Waals surface area contributed by atoms with Gasteiger partial charge in [0.15, 0.2) is 11.7 Å². The van der Waals surface area contributed by atoms with Crippen LogP contribution in [0.2, 0.25) is 0 Å². The number of halogens is 1. The highest BCUT2D eigenvalue weighted by Crippen LogP contribution is 2.20. The molecular weight excluding hydrogens is 479 g/mol. The first kappa shape index (κ1) is 22.9. The van der Waals surface area contributed by atoms with Crippen LogP contribution < -0.4 is 10.6 Å². The van der Waals surface area contributed by atoms with Crippen molar-refractivity contribution < 1.29 is 4.42 Å². The highest BCUT2D eigenvalue weighted by Gasteiger charge is 2.07. The number of aromatic nitrogens is 3. The van der Waals surface area contributed by atoms with Gasteiger partial charge in [-0.25, -0.2) is 4.98 Å². The van der Waals surface area contributed by atoms with Crippen molar-refractivity contribution in [2.45, 2.75) is 40.3 Å². The van der Waals surface area contributed by atoms with E-state index in [1.807, 2.05) is 23.7 Å². The zero-order valence-corrected chi connectivity index (χ0v) is 19.7. The molecule has 0 fully saturated rings. The molecule has 0 bridgehead atoms. The van der Waals surface area contributed by atoms with Crippen LogP contribution in [0.5, 0.6) is 0 Å². The van der Waals surface area contributed by atoms with Crippen molar-refractivity contribution in [2.75, 3.05) is 13.6 Å². The molecule has 2 aromatic heterocycles. The molecule has 3 rings (SSSR count). The predicted molar refractivity (Wildman–Crippen MR) is 127 cm³/mol. The van der Waals surface area contributed by atoms with Crippen molar-refractivity contribution >= 4 is 29.9 Å². The van der Waals surface area contributed by atoms with E-state index in [-0.39, 0.29) is 24.0 Å². The molecule has 1 aromatic carbocycles. The maximum absolute atomic E-state index is 5.84. The normalized spacial score (nSPS) is 11.2. The maximum Gasteiger partial charge on any atom is 0.214 e. The molecule has 0 aliphatic carbocycles. The predicted octanol–water partition coefficient (Wildman–Crippen LogP) is 3.84. The van der Waals surface area contributed by atoms with Gasteiger partial charge in [-0.1, -0.05) is 29.8 Å². The van der Waals surface area contributed by atoms with Crippen LogP contribution >= 0.6 is 24.0 Å². The van der Waals surface area contributed by atoms with Gasteiger partial charge in [0.05, 0.1) is 18.4 Å². The van der Waals surface area contributed by atoms with Gasteiger partial charge in [-0.3, -0.25) is 9.67 Å². The summed E-state index contributed by atoms with van der Waals surface area (Å²) in [6.45, 7) is 8.31. The van der Waals surface area contributed by atoms with Gasteiger partial charge in [0.2, 0.25) is 5.89 Å². The lowest BCUT2D eigenvalue weighted by Crippen LogP contribution is -2.37. The van der Waals surface area contributed by atoms with E-state index in [2.05, 4.69) is 57.8 Å². The first-order chi connectivity index (χ1) is 13.5. The molecule has 0 unspecified atom stereocenters. The Morgan fingerprint density at radius 2 is 1.90 bits per heavy atom. The van der Waals surface area contributed by atoms with Gasteiger partial charge in [0.25, 0.3) is 0 Å². The van der Waals surface area contributed by atoms with Gasteiger partial charge < -0.3 is 15.1 Å². The molecule has 2 N–H and O–H groups in total. The zero-order chi connectivity index (χ0) is 19.9. The van der Waals surface area contributed by atoms with Gasteiger partial charge >= 0.3 is 0 Å². The Kier molecular flexibility index (Phi) is 8.69. The summed E-state index contributed by atoms with van der Waals surface area (Å²) in [7, 11) is 1.75. The first-order valence-corrected chi connectivity index (χ1v) is 9.52. The van der Waals surface area contributed by atoms with Crippen molar-refractivity contribution in [1.82, 2.24) is 25.4 Å². The van der Waals surface area contributed by atoms with E-state index in [0.29, 0.717) is 12.4 Å². The van der Waals surface area contributed by atoms with Crippen molar-refractivity contribution in [2.24, 2.45) is 4.99 Å². The summed E-state index contributed by atoms with van der Waals surface area (Å²) in [6.07, 6.45) is 2.71. The Labute approximate surface area is 189 Å². The summed E-state index contributed by atoms with van der Waals surface area (Å²) >= 11 is 0. The van der Waals surface area contributed by atoms with E-state index in [9.17, 15) is 0 Å². The van der Waals surface area contributed by atoms with Crippen molar-refractivity contribution in [3.05, 3.63) is 59.4 Å². The van der Waals surface area contributed by atoms with Crippen LogP contribution in [0, 0.1) is 20.8 Å². The number of hydrogen-bond donors (Lipinski definition) is 2. The minimum Gasteiger partial charge on any atom is -0.439 e. The Bertz CT molecular complexity index is 929. The number of benzene rings is 1. The molecule has 2 heterocycles. The average Bonchev–Trinajstić information content (AvgIpc) is 3.28. The quantitative estimate of drug-likeness (QED) is 0.220. The molecular formula is C21H29IN6O. The van der Waals surface area contributed by atoms with Gasteiger partial charge in [-0.2, -0.15) is 5.10 Å². The third-order valence-electron chi connectivity index (χ3n) is 4.46. The molecule has 0 saturated heterocycles. The highest BCUT2D eigenvalue weighted by atomic mass is 127. The largest absolute Gasteiger partial charge is 0.439 e. The van der Waals surface area contributed by atoms with E-state index in [1.165, 1.54) is 11.3 Å². The average molecular weight is 508 g/mol. The Morgan fingerprint density at radius 1 is 1.14 bits per heavy atom. The van der Waals surface area contributed by atoms with Gasteiger partial charge in [-0.05, 0) is 33.3 Å². The summed E-state index contributed by atoms with van der Waals surface area (Å²) < 4.78 is 7.87. The molecule has 156 valence electrons. The summed E-state index contributed by atoms with van der Waals surface area (Å²) in [5, 5.41) is 11.0. The Balaban J connectivity index is 0.00000300. The monoisotopic (exact) mass is 508 g/mol. The van der Waals surface area contributed by atoms with Crippen LogP contribution in [0.15, 0.2) is 45.9 Å². The molecule has 0 aliphatic rings. The molecule has 0 atom stereocenters. The standard InChI is InChI=1S/C21H28N6O.HI/c1-15-6-8-18(9-7-15)19-13-24-20(28-19)14-25-21(22-4)23-10-5-11-27-17(3)12-16(2)26-27;/h6-9,12-13H,5,10-11,14H2,1-4H3,(H2,22,23,25);1H.